The fraction of sp³-hybridized carbons (Fsp3) is 0.136. The van der Waals surface area contributed by atoms with Crippen LogP contribution < -0.4 is 5.73 Å². The molecule has 0 spiro atoms. The van der Waals surface area contributed by atoms with Crippen LogP contribution in [0, 0.1) is 11.3 Å². The smallest absolute Gasteiger partial charge is 0.268 e. The number of hydrogen-bond acceptors (Lipinski definition) is 6. The van der Waals surface area contributed by atoms with Gasteiger partial charge in [0.15, 0.2) is 0 Å². The summed E-state index contributed by atoms with van der Waals surface area (Å²) >= 11 is 7.58. The molecule has 0 radical (unpaired) electrons. The molecule has 3 aromatic heterocycles. The molecule has 0 aliphatic rings. The van der Waals surface area contributed by atoms with Crippen molar-refractivity contribution >= 4 is 28.8 Å². The van der Waals surface area contributed by atoms with Gasteiger partial charge in [-0.1, -0.05) is 24.6 Å². The van der Waals surface area contributed by atoms with E-state index in [-0.39, 0.29) is 11.6 Å². The summed E-state index contributed by atoms with van der Waals surface area (Å²) in [5.74, 6) is -0.593. The zero-order chi connectivity index (χ0) is 22.0. The van der Waals surface area contributed by atoms with Crippen molar-refractivity contribution in [2.24, 2.45) is 5.73 Å². The molecule has 7 nitrogen and oxygen atoms in total. The van der Waals surface area contributed by atoms with Crippen LogP contribution in [0.4, 0.5) is 0 Å². The molecule has 0 bridgehead atoms. The van der Waals surface area contributed by atoms with Crippen molar-refractivity contribution in [2.45, 2.75) is 19.4 Å². The number of thiazole rings is 1. The molecule has 0 fully saturated rings. The van der Waals surface area contributed by atoms with Crippen molar-refractivity contribution in [1.82, 2.24) is 19.7 Å². The average molecular weight is 449 g/mol. The van der Waals surface area contributed by atoms with Gasteiger partial charge >= 0.3 is 0 Å². The third-order valence-corrected chi connectivity index (χ3v) is 6.38. The van der Waals surface area contributed by atoms with E-state index < -0.39 is 5.91 Å². The van der Waals surface area contributed by atoms with Gasteiger partial charge < -0.3 is 5.73 Å². The molecule has 154 valence electrons. The number of carbonyl (C=O) groups excluding carboxylic acids is 1. The molecule has 4 aromatic rings. The largest absolute Gasteiger partial charge is 0.364 e. The van der Waals surface area contributed by atoms with Crippen LogP contribution in [0.15, 0.2) is 55.0 Å². The maximum Gasteiger partial charge on any atom is 0.268 e. The Hall–Kier alpha value is -3.54. The van der Waals surface area contributed by atoms with Crippen molar-refractivity contribution in [2.75, 3.05) is 0 Å². The van der Waals surface area contributed by atoms with E-state index in [4.69, 9.17) is 22.6 Å². The molecule has 0 aliphatic heterocycles. The van der Waals surface area contributed by atoms with Crippen LogP contribution in [0.3, 0.4) is 0 Å². The van der Waals surface area contributed by atoms with Gasteiger partial charge in [-0.3, -0.25) is 14.5 Å². The Labute approximate surface area is 187 Å². The fourth-order valence-corrected chi connectivity index (χ4v) is 4.53. The SMILES string of the molecule is CC(Cn1ccc(-c2ccc(C#N)c(Cl)c2)n1)c1sc(-c2cccnc2)nc1C(N)=O. The highest BCUT2D eigenvalue weighted by molar-refractivity contribution is 7.15. The zero-order valence-corrected chi connectivity index (χ0v) is 18.1. The Kier molecular flexibility index (Phi) is 5.80. The number of benzene rings is 1. The Morgan fingerprint density at radius 2 is 2.16 bits per heavy atom. The molecule has 0 aliphatic carbocycles. The minimum atomic E-state index is -0.554. The van der Waals surface area contributed by atoms with Crippen LogP contribution >= 0.6 is 22.9 Å². The van der Waals surface area contributed by atoms with E-state index in [9.17, 15) is 4.79 Å². The molecule has 2 N–H and O–H groups in total. The summed E-state index contributed by atoms with van der Waals surface area (Å²) in [6.45, 7) is 2.55. The van der Waals surface area contributed by atoms with Crippen molar-refractivity contribution in [3.8, 4) is 27.9 Å². The second kappa shape index (κ2) is 8.68. The van der Waals surface area contributed by atoms with Gasteiger partial charge in [0.1, 0.15) is 16.8 Å². The Balaban J connectivity index is 1.58. The lowest BCUT2D eigenvalue weighted by atomic mass is 10.1. The highest BCUT2D eigenvalue weighted by Crippen LogP contribution is 2.33. The van der Waals surface area contributed by atoms with E-state index in [1.807, 2.05) is 43.5 Å². The zero-order valence-electron chi connectivity index (χ0n) is 16.5. The molecule has 1 unspecified atom stereocenters. The molecule has 31 heavy (non-hydrogen) atoms. The first-order valence-electron chi connectivity index (χ1n) is 9.40. The lowest BCUT2D eigenvalue weighted by Crippen LogP contribution is -2.16. The molecular weight excluding hydrogens is 432 g/mol. The number of halogens is 1. The number of rotatable bonds is 6. The molecule has 0 saturated carbocycles. The molecular formula is C22H17ClN6OS. The van der Waals surface area contributed by atoms with Gasteiger partial charge in [0.05, 0.1) is 16.3 Å². The first kappa shape index (κ1) is 20.7. The van der Waals surface area contributed by atoms with Gasteiger partial charge in [0.2, 0.25) is 0 Å². The molecule has 3 heterocycles. The van der Waals surface area contributed by atoms with Crippen molar-refractivity contribution in [1.29, 1.82) is 5.26 Å². The highest BCUT2D eigenvalue weighted by Gasteiger charge is 2.22. The second-order valence-corrected chi connectivity index (χ2v) is 8.41. The minimum Gasteiger partial charge on any atom is -0.364 e. The summed E-state index contributed by atoms with van der Waals surface area (Å²) < 4.78 is 1.81. The number of nitriles is 1. The predicted octanol–water partition coefficient (Wildman–Crippen LogP) is 4.50. The lowest BCUT2D eigenvalue weighted by molar-refractivity contribution is 0.0995. The fourth-order valence-electron chi connectivity index (χ4n) is 3.20. The number of pyridine rings is 1. The topological polar surface area (TPSA) is 110 Å². The third kappa shape index (κ3) is 4.33. The summed E-state index contributed by atoms with van der Waals surface area (Å²) in [5, 5.41) is 14.7. The normalized spacial score (nSPS) is 11.8. The predicted molar refractivity (Wildman–Crippen MR) is 120 cm³/mol. The molecule has 1 amide bonds. The molecule has 1 atom stereocenters. The van der Waals surface area contributed by atoms with Crippen LogP contribution in [0.5, 0.6) is 0 Å². The van der Waals surface area contributed by atoms with Gasteiger partial charge in [-0.15, -0.1) is 11.3 Å². The standard InChI is InChI=1S/C22H17ClN6OS/c1-13(20-19(21(25)30)27-22(31-20)16-3-2-7-26-11-16)12-29-8-6-18(28-29)14-4-5-15(10-24)17(23)9-14/h2-9,11,13H,12H2,1H3,(H2,25,30). The van der Waals surface area contributed by atoms with Crippen LogP contribution in [0.25, 0.3) is 21.8 Å². The first-order valence-corrected chi connectivity index (χ1v) is 10.6. The number of amides is 1. The second-order valence-electron chi connectivity index (χ2n) is 6.97. The maximum absolute atomic E-state index is 12.0. The van der Waals surface area contributed by atoms with E-state index in [1.54, 1.807) is 29.2 Å². The minimum absolute atomic E-state index is 0.0391. The number of carbonyl (C=O) groups is 1. The van der Waals surface area contributed by atoms with Crippen LogP contribution in [-0.2, 0) is 6.54 Å². The lowest BCUT2D eigenvalue weighted by Gasteiger charge is -2.10. The number of hydrogen-bond donors (Lipinski definition) is 1. The van der Waals surface area contributed by atoms with Gasteiger partial charge in [-0.25, -0.2) is 4.98 Å². The quantitative estimate of drug-likeness (QED) is 0.467. The van der Waals surface area contributed by atoms with Gasteiger partial charge in [-0.2, -0.15) is 10.4 Å². The highest BCUT2D eigenvalue weighted by atomic mass is 35.5. The van der Waals surface area contributed by atoms with Crippen LogP contribution in [0.1, 0.15) is 33.8 Å². The first-order chi connectivity index (χ1) is 15.0. The number of nitrogens with two attached hydrogens (primary N) is 1. The third-order valence-electron chi connectivity index (χ3n) is 4.73. The van der Waals surface area contributed by atoms with E-state index in [0.29, 0.717) is 22.1 Å². The summed E-state index contributed by atoms with van der Waals surface area (Å²) in [6, 6.07) is 12.9. The van der Waals surface area contributed by atoms with Crippen molar-refractivity contribution in [3.05, 3.63) is 76.1 Å². The van der Waals surface area contributed by atoms with Gasteiger partial charge in [0, 0.05) is 47.1 Å². The Morgan fingerprint density at radius 1 is 1.32 bits per heavy atom. The van der Waals surface area contributed by atoms with Crippen molar-refractivity contribution < 1.29 is 4.79 Å². The summed E-state index contributed by atoms with van der Waals surface area (Å²) in [6.07, 6.45) is 5.26. The van der Waals surface area contributed by atoms with Crippen LogP contribution in [-0.4, -0.2) is 25.7 Å². The molecule has 4 rings (SSSR count). The molecule has 0 saturated heterocycles. The number of nitrogens with zero attached hydrogens (tertiary/aromatic N) is 5. The summed E-state index contributed by atoms with van der Waals surface area (Å²) in [7, 11) is 0. The summed E-state index contributed by atoms with van der Waals surface area (Å²) in [4.78, 5) is 21.4. The number of aromatic nitrogens is 4. The molecule has 1 aromatic carbocycles. The van der Waals surface area contributed by atoms with Crippen LogP contribution in [0.2, 0.25) is 5.02 Å². The van der Waals surface area contributed by atoms with E-state index in [2.05, 4.69) is 15.1 Å². The van der Waals surface area contributed by atoms with Gasteiger partial charge in [0.25, 0.3) is 5.91 Å². The van der Waals surface area contributed by atoms with Crippen molar-refractivity contribution in [3.63, 3.8) is 0 Å². The van der Waals surface area contributed by atoms with E-state index in [0.717, 1.165) is 21.7 Å². The maximum atomic E-state index is 12.0. The summed E-state index contributed by atoms with van der Waals surface area (Å²) in [5.41, 5.74) is 8.70. The Morgan fingerprint density at radius 3 is 2.84 bits per heavy atom. The van der Waals surface area contributed by atoms with E-state index in [1.165, 1.54) is 11.3 Å². The Bertz CT molecular complexity index is 1290. The molecule has 9 heteroatoms. The van der Waals surface area contributed by atoms with Gasteiger partial charge in [-0.05, 0) is 30.3 Å². The monoisotopic (exact) mass is 448 g/mol. The van der Waals surface area contributed by atoms with E-state index >= 15 is 0 Å². The number of primary amides is 1. The average Bonchev–Trinajstić information content (AvgIpc) is 3.42.